The first-order valence-electron chi connectivity index (χ1n) is 9.90. The zero-order valence-electron chi connectivity index (χ0n) is 16.5. The van der Waals surface area contributed by atoms with E-state index in [1.165, 1.54) is 0 Å². The van der Waals surface area contributed by atoms with E-state index >= 15 is 0 Å². The molecular formula is C23H19ClN4O3. The number of anilines is 1. The Hall–Kier alpha value is -3.63. The number of likely N-dealkylation sites (tertiary alicyclic amines) is 1. The molecular weight excluding hydrogens is 416 g/mol. The molecule has 7 nitrogen and oxygen atoms in total. The predicted molar refractivity (Wildman–Crippen MR) is 115 cm³/mol. The molecule has 0 saturated carbocycles. The molecule has 0 radical (unpaired) electrons. The van der Waals surface area contributed by atoms with E-state index in [4.69, 9.17) is 21.4 Å². The van der Waals surface area contributed by atoms with Gasteiger partial charge in [-0.05, 0) is 55.7 Å². The molecule has 2 amide bonds. The van der Waals surface area contributed by atoms with E-state index in [1.807, 2.05) is 6.07 Å². The smallest absolute Gasteiger partial charge is 0.277 e. The van der Waals surface area contributed by atoms with Crippen molar-refractivity contribution in [2.45, 2.75) is 25.3 Å². The van der Waals surface area contributed by atoms with Gasteiger partial charge >= 0.3 is 0 Å². The minimum atomic E-state index is -0.441. The van der Waals surface area contributed by atoms with Crippen LogP contribution in [0.1, 0.15) is 57.5 Å². The second kappa shape index (κ2) is 9.02. The molecule has 0 bridgehead atoms. The maximum absolute atomic E-state index is 13.1. The minimum absolute atomic E-state index is 0.117. The van der Waals surface area contributed by atoms with Crippen LogP contribution in [-0.2, 0) is 0 Å². The van der Waals surface area contributed by atoms with Crippen LogP contribution in [-0.4, -0.2) is 28.4 Å². The van der Waals surface area contributed by atoms with Crippen molar-refractivity contribution in [3.63, 3.8) is 0 Å². The maximum Gasteiger partial charge on any atom is 0.277 e. The molecule has 0 aliphatic carbocycles. The molecule has 3 aromatic rings. The summed E-state index contributed by atoms with van der Waals surface area (Å²) in [5.74, 6) is -0.123. The van der Waals surface area contributed by atoms with E-state index in [1.54, 1.807) is 59.5 Å². The molecule has 1 fully saturated rings. The number of amides is 2. The molecule has 156 valence electrons. The van der Waals surface area contributed by atoms with Gasteiger partial charge in [-0.3, -0.25) is 9.59 Å². The lowest BCUT2D eigenvalue weighted by atomic mass is 9.98. The lowest BCUT2D eigenvalue weighted by molar-refractivity contribution is 0.0570. The molecule has 0 spiro atoms. The first kappa shape index (κ1) is 20.6. The summed E-state index contributed by atoms with van der Waals surface area (Å²) < 4.78 is 5.47. The average Bonchev–Trinajstić information content (AvgIpc) is 3.30. The highest BCUT2D eigenvalue weighted by Gasteiger charge is 2.32. The third-order valence-electron chi connectivity index (χ3n) is 5.24. The average molecular weight is 435 g/mol. The Morgan fingerprint density at radius 2 is 1.94 bits per heavy atom. The van der Waals surface area contributed by atoms with Crippen LogP contribution in [0.4, 0.5) is 5.69 Å². The fourth-order valence-electron chi connectivity index (χ4n) is 3.63. The number of aromatic nitrogens is 1. The van der Waals surface area contributed by atoms with E-state index < -0.39 is 5.91 Å². The SMILES string of the molecule is N#Cc1ccc(C(=O)N2CCCCC2c2cc(C(=O)Nc3ccccc3Cl)no2)cc1. The molecule has 1 aliphatic heterocycles. The lowest BCUT2D eigenvalue weighted by Gasteiger charge is -2.34. The van der Waals surface area contributed by atoms with Crippen LogP contribution >= 0.6 is 11.6 Å². The third-order valence-corrected chi connectivity index (χ3v) is 5.57. The van der Waals surface area contributed by atoms with E-state index in [2.05, 4.69) is 10.5 Å². The van der Waals surface area contributed by atoms with E-state index in [0.29, 0.717) is 40.6 Å². The molecule has 4 rings (SSSR count). The van der Waals surface area contributed by atoms with E-state index in [0.717, 1.165) is 12.8 Å². The number of rotatable bonds is 4. The van der Waals surface area contributed by atoms with Gasteiger partial charge in [0.25, 0.3) is 11.8 Å². The summed E-state index contributed by atoms with van der Waals surface area (Å²) in [6, 6.07) is 16.8. The number of nitriles is 1. The van der Waals surface area contributed by atoms with Crippen LogP contribution in [0.25, 0.3) is 0 Å². The monoisotopic (exact) mass is 434 g/mol. The van der Waals surface area contributed by atoms with Gasteiger partial charge in [-0.2, -0.15) is 5.26 Å². The molecule has 1 atom stereocenters. The van der Waals surface area contributed by atoms with Gasteiger partial charge in [-0.25, -0.2) is 0 Å². The Bertz CT molecular complexity index is 1150. The third kappa shape index (κ3) is 4.44. The lowest BCUT2D eigenvalue weighted by Crippen LogP contribution is -2.38. The maximum atomic E-state index is 13.1. The van der Waals surface area contributed by atoms with Gasteiger partial charge in [0, 0.05) is 18.2 Å². The number of nitrogens with zero attached hydrogens (tertiary/aromatic N) is 3. The summed E-state index contributed by atoms with van der Waals surface area (Å²) in [5.41, 5.74) is 1.60. The first-order chi connectivity index (χ1) is 15.1. The van der Waals surface area contributed by atoms with Gasteiger partial charge in [0.05, 0.1) is 28.4 Å². The Balaban J connectivity index is 1.53. The summed E-state index contributed by atoms with van der Waals surface area (Å²) in [5, 5.41) is 16.0. The fourth-order valence-corrected chi connectivity index (χ4v) is 3.81. The van der Waals surface area contributed by atoms with Crippen molar-refractivity contribution in [1.29, 1.82) is 5.26 Å². The number of carbonyl (C=O) groups is 2. The number of nitrogens with one attached hydrogen (secondary N) is 1. The van der Waals surface area contributed by atoms with Crippen molar-refractivity contribution in [3.05, 3.63) is 82.2 Å². The summed E-state index contributed by atoms with van der Waals surface area (Å²) in [6.07, 6.45) is 2.53. The van der Waals surface area contributed by atoms with Crippen LogP contribution in [0.3, 0.4) is 0 Å². The zero-order valence-corrected chi connectivity index (χ0v) is 17.3. The summed E-state index contributed by atoms with van der Waals surface area (Å²) in [7, 11) is 0. The van der Waals surface area contributed by atoms with Crippen molar-refractivity contribution in [3.8, 4) is 6.07 Å². The van der Waals surface area contributed by atoms with Crippen LogP contribution in [0.2, 0.25) is 5.02 Å². The molecule has 2 aromatic carbocycles. The van der Waals surface area contributed by atoms with Crippen molar-refractivity contribution in [2.24, 2.45) is 0 Å². The number of piperidine rings is 1. The molecule has 8 heteroatoms. The Kier molecular flexibility index (Phi) is 6.01. The van der Waals surface area contributed by atoms with Gasteiger partial charge in [-0.15, -0.1) is 0 Å². The fraction of sp³-hybridized carbons (Fsp3) is 0.217. The predicted octanol–water partition coefficient (Wildman–Crippen LogP) is 4.82. The van der Waals surface area contributed by atoms with Gasteiger partial charge < -0.3 is 14.7 Å². The van der Waals surface area contributed by atoms with Gasteiger partial charge in [0.2, 0.25) is 0 Å². The highest BCUT2D eigenvalue weighted by atomic mass is 35.5. The van der Waals surface area contributed by atoms with Crippen molar-refractivity contribution >= 4 is 29.1 Å². The number of carbonyl (C=O) groups excluding carboxylic acids is 2. The summed E-state index contributed by atoms with van der Waals surface area (Å²) in [6.45, 7) is 0.575. The van der Waals surface area contributed by atoms with Crippen molar-refractivity contribution < 1.29 is 14.1 Å². The summed E-state index contributed by atoms with van der Waals surface area (Å²) in [4.78, 5) is 27.4. The van der Waals surface area contributed by atoms with Gasteiger partial charge in [0.1, 0.15) is 0 Å². The topological polar surface area (TPSA) is 99.2 Å². The molecule has 1 aliphatic rings. The summed E-state index contributed by atoms with van der Waals surface area (Å²) >= 11 is 6.09. The quantitative estimate of drug-likeness (QED) is 0.634. The Labute approximate surface area is 184 Å². The van der Waals surface area contributed by atoms with Crippen LogP contribution in [0, 0.1) is 11.3 Å². The van der Waals surface area contributed by atoms with Crippen LogP contribution in [0.5, 0.6) is 0 Å². The van der Waals surface area contributed by atoms with Gasteiger partial charge in [0.15, 0.2) is 11.5 Å². The van der Waals surface area contributed by atoms with Gasteiger partial charge in [-0.1, -0.05) is 28.9 Å². The van der Waals surface area contributed by atoms with Crippen LogP contribution in [0.15, 0.2) is 59.1 Å². The highest BCUT2D eigenvalue weighted by Crippen LogP contribution is 2.33. The zero-order chi connectivity index (χ0) is 21.8. The number of hydrogen-bond acceptors (Lipinski definition) is 5. The number of para-hydroxylation sites is 1. The molecule has 1 saturated heterocycles. The highest BCUT2D eigenvalue weighted by molar-refractivity contribution is 6.33. The molecule has 1 aromatic heterocycles. The second-order valence-electron chi connectivity index (χ2n) is 7.25. The van der Waals surface area contributed by atoms with Crippen LogP contribution < -0.4 is 5.32 Å². The second-order valence-corrected chi connectivity index (χ2v) is 7.65. The normalized spacial score (nSPS) is 15.9. The molecule has 31 heavy (non-hydrogen) atoms. The molecule has 1 unspecified atom stereocenters. The Morgan fingerprint density at radius 3 is 2.68 bits per heavy atom. The van der Waals surface area contributed by atoms with Crippen molar-refractivity contribution in [2.75, 3.05) is 11.9 Å². The standard InChI is InChI=1S/C23H19ClN4O3/c24-17-5-1-2-6-18(17)26-22(29)19-13-21(31-27-19)20-7-3-4-12-28(20)23(30)16-10-8-15(14-25)9-11-16/h1-2,5-6,8-11,13,20H,3-4,7,12H2,(H,26,29). The van der Waals surface area contributed by atoms with Crippen molar-refractivity contribution in [1.82, 2.24) is 10.1 Å². The largest absolute Gasteiger partial charge is 0.358 e. The molecule has 1 N–H and O–H groups in total. The minimum Gasteiger partial charge on any atom is -0.358 e. The van der Waals surface area contributed by atoms with E-state index in [-0.39, 0.29) is 17.6 Å². The number of halogens is 1. The van der Waals surface area contributed by atoms with E-state index in [9.17, 15) is 9.59 Å². The number of hydrogen-bond donors (Lipinski definition) is 1. The molecule has 2 heterocycles. The first-order valence-corrected chi connectivity index (χ1v) is 10.3. The number of benzene rings is 2. The Morgan fingerprint density at radius 1 is 1.16 bits per heavy atom.